The fraction of sp³-hybridized carbons (Fsp3) is 0.529. The number of hydrogen-bond acceptors (Lipinski definition) is 8. The number of halogens is 5. The Kier molecular flexibility index (Phi) is 6.19. The molecule has 1 saturated heterocycles. The van der Waals surface area contributed by atoms with E-state index in [1.807, 2.05) is 6.92 Å². The molecule has 0 aromatic carbocycles. The van der Waals surface area contributed by atoms with Crippen molar-refractivity contribution in [1.29, 1.82) is 0 Å². The zero-order chi connectivity index (χ0) is 22.1. The molecule has 1 aliphatic rings. The molecule has 2 aromatic rings. The van der Waals surface area contributed by atoms with Gasteiger partial charge < -0.3 is 20.3 Å². The molecular weight excluding hydrogens is 413 g/mol. The maximum Gasteiger partial charge on any atom is 0.406 e. The first-order valence-electron chi connectivity index (χ1n) is 8.97. The van der Waals surface area contributed by atoms with Crippen molar-refractivity contribution in [3.8, 4) is 11.4 Å². The Bertz CT molecular complexity index is 895. The van der Waals surface area contributed by atoms with E-state index in [2.05, 4.69) is 19.9 Å². The number of nitrogens with zero attached hydrogens (tertiary/aromatic N) is 6. The van der Waals surface area contributed by atoms with E-state index in [0.29, 0.717) is 19.8 Å². The van der Waals surface area contributed by atoms with Crippen LogP contribution < -0.4 is 15.5 Å². The predicted molar refractivity (Wildman–Crippen MR) is 99.4 cm³/mol. The minimum Gasteiger partial charge on any atom is -0.384 e. The third-order valence-corrected chi connectivity index (χ3v) is 4.43. The Morgan fingerprint density at radius 1 is 1.30 bits per heavy atom. The van der Waals surface area contributed by atoms with E-state index in [-0.39, 0.29) is 35.1 Å². The van der Waals surface area contributed by atoms with Gasteiger partial charge in [-0.05, 0) is 13.0 Å². The molecule has 0 spiro atoms. The van der Waals surface area contributed by atoms with E-state index >= 15 is 0 Å². The SMILES string of the molecule is C[C@@H]1COCCN1c1nc(-c2cnc(N)cc2C(F)F)nc(N(C)CC(F)(F)F)n1. The number of anilines is 3. The molecule has 2 aromatic heterocycles. The maximum atomic E-state index is 13.6. The van der Waals surface area contributed by atoms with Gasteiger partial charge in [-0.3, -0.25) is 0 Å². The summed E-state index contributed by atoms with van der Waals surface area (Å²) < 4.78 is 71.1. The molecule has 0 unspecified atom stereocenters. The number of morpholine rings is 1. The zero-order valence-corrected chi connectivity index (χ0v) is 16.2. The van der Waals surface area contributed by atoms with Crippen LogP contribution in [0.4, 0.5) is 39.7 Å². The van der Waals surface area contributed by atoms with Gasteiger partial charge in [0, 0.05) is 30.9 Å². The molecule has 164 valence electrons. The van der Waals surface area contributed by atoms with Gasteiger partial charge in [-0.2, -0.15) is 28.1 Å². The highest BCUT2D eigenvalue weighted by molar-refractivity contribution is 5.64. The zero-order valence-electron chi connectivity index (χ0n) is 16.2. The number of nitrogen functional groups attached to an aromatic ring is 1. The van der Waals surface area contributed by atoms with E-state index in [0.717, 1.165) is 24.2 Å². The van der Waals surface area contributed by atoms with Gasteiger partial charge in [-0.1, -0.05) is 0 Å². The summed E-state index contributed by atoms with van der Waals surface area (Å²) in [5.41, 5.74) is 4.90. The van der Waals surface area contributed by atoms with Crippen molar-refractivity contribution in [1.82, 2.24) is 19.9 Å². The van der Waals surface area contributed by atoms with Gasteiger partial charge in [0.05, 0.1) is 19.3 Å². The second kappa shape index (κ2) is 8.50. The first-order chi connectivity index (χ1) is 14.0. The molecule has 0 aliphatic carbocycles. The molecule has 0 bridgehead atoms. The van der Waals surface area contributed by atoms with E-state index < -0.39 is 24.7 Å². The lowest BCUT2D eigenvalue weighted by Crippen LogP contribution is -2.45. The van der Waals surface area contributed by atoms with Gasteiger partial charge in [-0.25, -0.2) is 13.8 Å². The number of nitrogens with two attached hydrogens (primary N) is 1. The van der Waals surface area contributed by atoms with Gasteiger partial charge in [0.15, 0.2) is 5.82 Å². The van der Waals surface area contributed by atoms with Gasteiger partial charge in [0.25, 0.3) is 6.43 Å². The van der Waals surface area contributed by atoms with E-state index in [1.165, 1.54) is 0 Å². The molecule has 3 heterocycles. The highest BCUT2D eigenvalue weighted by Crippen LogP contribution is 2.32. The van der Waals surface area contributed by atoms with Crippen LogP contribution in [-0.2, 0) is 4.74 Å². The number of pyridine rings is 1. The van der Waals surface area contributed by atoms with Gasteiger partial charge in [-0.15, -0.1) is 0 Å². The molecule has 3 rings (SSSR count). The Balaban J connectivity index is 2.13. The summed E-state index contributed by atoms with van der Waals surface area (Å²) in [7, 11) is 1.16. The molecular formula is C17H20F5N7O. The van der Waals surface area contributed by atoms with Crippen LogP contribution in [0.3, 0.4) is 0 Å². The van der Waals surface area contributed by atoms with E-state index in [1.54, 1.807) is 4.90 Å². The van der Waals surface area contributed by atoms with Crippen LogP contribution in [0.2, 0.25) is 0 Å². The molecule has 0 radical (unpaired) electrons. The summed E-state index contributed by atoms with van der Waals surface area (Å²) in [4.78, 5) is 18.7. The molecule has 13 heteroatoms. The topological polar surface area (TPSA) is 93.3 Å². The van der Waals surface area contributed by atoms with Crippen molar-refractivity contribution in [2.75, 3.05) is 48.9 Å². The Hall–Kier alpha value is -2.83. The minimum atomic E-state index is -4.51. The highest BCUT2D eigenvalue weighted by atomic mass is 19.4. The highest BCUT2D eigenvalue weighted by Gasteiger charge is 2.32. The molecule has 8 nitrogen and oxygen atoms in total. The number of hydrogen-bond donors (Lipinski definition) is 1. The Morgan fingerprint density at radius 2 is 2.03 bits per heavy atom. The van der Waals surface area contributed by atoms with Crippen molar-refractivity contribution in [2.24, 2.45) is 0 Å². The molecule has 1 aliphatic heterocycles. The van der Waals surface area contributed by atoms with Crippen LogP contribution in [0, 0.1) is 0 Å². The molecule has 1 fully saturated rings. The lowest BCUT2D eigenvalue weighted by atomic mass is 10.1. The first-order valence-corrected chi connectivity index (χ1v) is 8.97. The van der Waals surface area contributed by atoms with Crippen LogP contribution in [0.1, 0.15) is 18.9 Å². The number of ether oxygens (including phenoxy) is 1. The molecule has 0 amide bonds. The van der Waals surface area contributed by atoms with Crippen molar-refractivity contribution in [3.63, 3.8) is 0 Å². The van der Waals surface area contributed by atoms with Crippen molar-refractivity contribution in [2.45, 2.75) is 25.6 Å². The average Bonchev–Trinajstić information content (AvgIpc) is 2.66. The van der Waals surface area contributed by atoms with Gasteiger partial charge >= 0.3 is 6.18 Å². The predicted octanol–water partition coefficient (Wildman–Crippen LogP) is 2.68. The third kappa shape index (κ3) is 5.01. The fourth-order valence-electron chi connectivity index (χ4n) is 2.99. The normalized spacial score (nSPS) is 17.5. The molecule has 0 saturated carbocycles. The van der Waals surface area contributed by atoms with Crippen LogP contribution in [0.5, 0.6) is 0 Å². The lowest BCUT2D eigenvalue weighted by molar-refractivity contribution is -0.119. The number of rotatable bonds is 5. The summed E-state index contributed by atoms with van der Waals surface area (Å²) in [5, 5.41) is 0. The van der Waals surface area contributed by atoms with Crippen LogP contribution in [0.25, 0.3) is 11.4 Å². The Labute approximate surface area is 168 Å². The second-order valence-corrected chi connectivity index (χ2v) is 6.84. The van der Waals surface area contributed by atoms with Crippen molar-refractivity contribution < 1.29 is 26.7 Å². The maximum absolute atomic E-state index is 13.6. The lowest BCUT2D eigenvalue weighted by Gasteiger charge is -2.33. The fourth-order valence-corrected chi connectivity index (χ4v) is 2.99. The van der Waals surface area contributed by atoms with Crippen LogP contribution in [-0.4, -0.2) is 65.5 Å². The minimum absolute atomic E-state index is 0.0665. The van der Waals surface area contributed by atoms with Crippen molar-refractivity contribution >= 4 is 17.7 Å². The Morgan fingerprint density at radius 3 is 2.67 bits per heavy atom. The van der Waals surface area contributed by atoms with E-state index in [9.17, 15) is 22.0 Å². The smallest absolute Gasteiger partial charge is 0.384 e. The molecule has 1 atom stereocenters. The van der Waals surface area contributed by atoms with Crippen LogP contribution in [0.15, 0.2) is 12.3 Å². The first kappa shape index (κ1) is 21.9. The standard InChI is InChI=1S/C17H20F5N7O/c1-9-7-30-4-3-29(9)16-26-14(11-6-24-12(23)5-10(11)13(18)19)25-15(27-16)28(2)8-17(20,21)22/h5-6,9,13H,3-4,7-8H2,1-2H3,(H2,23,24)/t9-/m1/s1. The van der Waals surface area contributed by atoms with E-state index in [4.69, 9.17) is 10.5 Å². The average molecular weight is 433 g/mol. The second-order valence-electron chi connectivity index (χ2n) is 6.84. The van der Waals surface area contributed by atoms with Gasteiger partial charge in [0.2, 0.25) is 11.9 Å². The number of alkyl halides is 5. The summed E-state index contributed by atoms with van der Waals surface area (Å²) in [6, 6.07) is 0.814. The third-order valence-electron chi connectivity index (χ3n) is 4.43. The van der Waals surface area contributed by atoms with Gasteiger partial charge in [0.1, 0.15) is 12.4 Å². The monoisotopic (exact) mass is 433 g/mol. The quantitative estimate of drug-likeness (QED) is 0.720. The summed E-state index contributed by atoms with van der Waals surface area (Å²) in [6.07, 6.45) is -6.35. The van der Waals surface area contributed by atoms with Crippen molar-refractivity contribution in [3.05, 3.63) is 17.8 Å². The summed E-state index contributed by atoms with van der Waals surface area (Å²) >= 11 is 0. The van der Waals surface area contributed by atoms with Crippen LogP contribution >= 0.6 is 0 Å². The molecule has 30 heavy (non-hydrogen) atoms. The summed E-state index contributed by atoms with van der Waals surface area (Å²) in [6.45, 7) is 1.62. The summed E-state index contributed by atoms with van der Waals surface area (Å²) in [5.74, 6) is -0.579. The molecule has 2 N–H and O–H groups in total. The number of aromatic nitrogens is 4. The largest absolute Gasteiger partial charge is 0.406 e.